The molecule has 0 atom stereocenters. The van der Waals surface area contributed by atoms with Gasteiger partial charge < -0.3 is 14.7 Å². The molecule has 4 nitrogen and oxygen atoms in total. The number of phenols is 1. The summed E-state index contributed by atoms with van der Waals surface area (Å²) in [5.41, 5.74) is 0.945. The third kappa shape index (κ3) is 8.21. The minimum absolute atomic E-state index is 0.0153. The molecule has 0 radical (unpaired) electrons. The maximum absolute atomic E-state index is 12.5. The van der Waals surface area contributed by atoms with Gasteiger partial charge in [-0.25, -0.2) is 0 Å². The number of ether oxygens (including phenoxy) is 1. The van der Waals surface area contributed by atoms with Gasteiger partial charge in [-0.15, -0.1) is 6.58 Å². The van der Waals surface area contributed by atoms with E-state index in [1.165, 1.54) is 31.7 Å². The van der Waals surface area contributed by atoms with Crippen molar-refractivity contribution >= 4 is 17.4 Å². The number of halogens is 1. The van der Waals surface area contributed by atoms with E-state index in [1.807, 2.05) is 6.08 Å². The SMILES string of the molecule is C=CCN(C)CCCCCCCCOc1ccc(C(=O)c2ccc(Cl)cc2)cc1O. The lowest BCUT2D eigenvalue weighted by atomic mass is 10.0. The number of hydrogen-bond acceptors (Lipinski definition) is 4. The van der Waals surface area contributed by atoms with Crippen LogP contribution in [-0.2, 0) is 0 Å². The lowest BCUT2D eigenvalue weighted by Gasteiger charge is -2.13. The predicted octanol–water partition coefficient (Wildman–Crippen LogP) is 6.11. The molecular formula is C25H32ClNO3. The first-order chi connectivity index (χ1) is 14.5. The third-order valence-corrected chi connectivity index (χ3v) is 5.21. The molecule has 0 unspecified atom stereocenters. The zero-order valence-corrected chi connectivity index (χ0v) is 18.5. The lowest BCUT2D eigenvalue weighted by Crippen LogP contribution is -2.19. The molecular weight excluding hydrogens is 398 g/mol. The predicted molar refractivity (Wildman–Crippen MR) is 124 cm³/mol. The Morgan fingerprint density at radius 1 is 1.03 bits per heavy atom. The zero-order chi connectivity index (χ0) is 21.8. The molecule has 30 heavy (non-hydrogen) atoms. The van der Waals surface area contributed by atoms with Crippen LogP contribution in [0, 0.1) is 0 Å². The summed E-state index contributed by atoms with van der Waals surface area (Å²) in [4.78, 5) is 14.8. The van der Waals surface area contributed by atoms with Gasteiger partial charge in [-0.1, -0.05) is 43.4 Å². The van der Waals surface area contributed by atoms with Gasteiger partial charge in [-0.05, 0) is 68.9 Å². The van der Waals surface area contributed by atoms with Crippen LogP contribution in [0.4, 0.5) is 0 Å². The van der Waals surface area contributed by atoms with Crippen LogP contribution in [0.5, 0.6) is 11.5 Å². The summed E-state index contributed by atoms with van der Waals surface area (Å²) in [6.45, 7) is 6.37. The highest BCUT2D eigenvalue weighted by molar-refractivity contribution is 6.30. The van der Waals surface area contributed by atoms with Gasteiger partial charge in [0.2, 0.25) is 0 Å². The summed E-state index contributed by atoms with van der Waals surface area (Å²) in [5.74, 6) is 0.232. The normalized spacial score (nSPS) is 10.9. The van der Waals surface area contributed by atoms with E-state index in [0.717, 1.165) is 25.9 Å². The Balaban J connectivity index is 1.66. The Hall–Kier alpha value is -2.30. The fourth-order valence-corrected chi connectivity index (χ4v) is 3.36. The van der Waals surface area contributed by atoms with Crippen molar-refractivity contribution in [2.45, 2.75) is 38.5 Å². The highest BCUT2D eigenvalue weighted by atomic mass is 35.5. The van der Waals surface area contributed by atoms with E-state index in [9.17, 15) is 9.90 Å². The Morgan fingerprint density at radius 3 is 2.33 bits per heavy atom. The molecule has 0 fully saturated rings. The van der Waals surface area contributed by atoms with Gasteiger partial charge in [0.15, 0.2) is 17.3 Å². The number of rotatable bonds is 14. The molecule has 1 N–H and O–H groups in total. The Labute approximate surface area is 185 Å². The summed E-state index contributed by atoms with van der Waals surface area (Å²) in [5, 5.41) is 10.8. The van der Waals surface area contributed by atoms with Crippen molar-refractivity contribution in [1.29, 1.82) is 0 Å². The number of phenolic OH excluding ortho intramolecular Hbond substituents is 1. The van der Waals surface area contributed by atoms with Crippen molar-refractivity contribution in [2.75, 3.05) is 26.7 Å². The second-order valence-electron chi connectivity index (χ2n) is 7.54. The van der Waals surface area contributed by atoms with Crippen LogP contribution in [0.15, 0.2) is 55.1 Å². The molecule has 162 valence electrons. The van der Waals surface area contributed by atoms with Gasteiger partial charge in [0.1, 0.15) is 0 Å². The third-order valence-electron chi connectivity index (χ3n) is 4.96. The molecule has 0 amide bonds. The van der Waals surface area contributed by atoms with E-state index in [2.05, 4.69) is 18.5 Å². The fourth-order valence-electron chi connectivity index (χ4n) is 3.23. The number of ketones is 1. The highest BCUT2D eigenvalue weighted by Crippen LogP contribution is 2.28. The Kier molecular flexibility index (Phi) is 10.5. The van der Waals surface area contributed by atoms with E-state index < -0.39 is 0 Å². The first kappa shape index (κ1) is 24.0. The fraction of sp³-hybridized carbons (Fsp3) is 0.400. The molecule has 0 bridgehead atoms. The average Bonchev–Trinajstić information content (AvgIpc) is 2.73. The molecule has 0 saturated heterocycles. The Bertz CT molecular complexity index is 805. The van der Waals surface area contributed by atoms with Crippen LogP contribution < -0.4 is 4.74 Å². The van der Waals surface area contributed by atoms with Crippen LogP contribution in [0.3, 0.4) is 0 Å². The van der Waals surface area contributed by atoms with Gasteiger partial charge in [-0.3, -0.25) is 4.79 Å². The largest absolute Gasteiger partial charge is 0.504 e. The van der Waals surface area contributed by atoms with Crippen molar-refractivity contribution in [1.82, 2.24) is 4.90 Å². The monoisotopic (exact) mass is 429 g/mol. The molecule has 2 aromatic carbocycles. The molecule has 5 heteroatoms. The Morgan fingerprint density at radius 2 is 1.67 bits per heavy atom. The molecule has 0 heterocycles. The summed E-state index contributed by atoms with van der Waals surface area (Å²) < 4.78 is 5.68. The number of hydrogen-bond donors (Lipinski definition) is 1. The van der Waals surface area contributed by atoms with E-state index in [0.29, 0.717) is 28.5 Å². The quantitative estimate of drug-likeness (QED) is 0.223. The molecule has 0 aromatic heterocycles. The number of aromatic hydroxyl groups is 1. The van der Waals surface area contributed by atoms with Crippen LogP contribution in [0.25, 0.3) is 0 Å². The lowest BCUT2D eigenvalue weighted by molar-refractivity contribution is 0.103. The first-order valence-electron chi connectivity index (χ1n) is 10.6. The van der Waals surface area contributed by atoms with Crippen LogP contribution >= 0.6 is 11.6 Å². The molecule has 2 aromatic rings. The topological polar surface area (TPSA) is 49.8 Å². The number of carbonyl (C=O) groups is 1. The van der Waals surface area contributed by atoms with Crippen molar-refractivity contribution in [3.05, 3.63) is 71.3 Å². The number of carbonyl (C=O) groups excluding carboxylic acids is 1. The van der Waals surface area contributed by atoms with Crippen molar-refractivity contribution in [3.8, 4) is 11.5 Å². The molecule has 0 saturated carbocycles. The van der Waals surface area contributed by atoms with Gasteiger partial charge in [0.05, 0.1) is 6.61 Å². The second-order valence-corrected chi connectivity index (χ2v) is 7.98. The van der Waals surface area contributed by atoms with Crippen LogP contribution in [0.1, 0.15) is 54.4 Å². The zero-order valence-electron chi connectivity index (χ0n) is 17.8. The van der Waals surface area contributed by atoms with Crippen LogP contribution in [-0.4, -0.2) is 42.5 Å². The van der Waals surface area contributed by atoms with E-state index in [-0.39, 0.29) is 11.5 Å². The van der Waals surface area contributed by atoms with Crippen LogP contribution in [0.2, 0.25) is 5.02 Å². The van der Waals surface area contributed by atoms with E-state index >= 15 is 0 Å². The van der Waals surface area contributed by atoms with Gasteiger partial charge in [-0.2, -0.15) is 0 Å². The summed E-state index contributed by atoms with van der Waals surface area (Å²) in [7, 11) is 2.12. The maximum Gasteiger partial charge on any atom is 0.193 e. The number of unbranched alkanes of at least 4 members (excludes halogenated alkanes) is 5. The van der Waals surface area contributed by atoms with E-state index in [4.69, 9.17) is 16.3 Å². The molecule has 2 rings (SSSR count). The summed E-state index contributed by atoms with van der Waals surface area (Å²) >= 11 is 5.86. The smallest absolute Gasteiger partial charge is 0.193 e. The second kappa shape index (κ2) is 13.1. The number of benzene rings is 2. The minimum atomic E-state index is -0.163. The summed E-state index contributed by atoms with van der Waals surface area (Å²) in [6, 6.07) is 11.5. The van der Waals surface area contributed by atoms with Gasteiger partial charge >= 0.3 is 0 Å². The van der Waals surface area contributed by atoms with Crippen molar-refractivity contribution in [3.63, 3.8) is 0 Å². The van der Waals surface area contributed by atoms with Crippen molar-refractivity contribution in [2.24, 2.45) is 0 Å². The molecule has 0 aliphatic rings. The molecule has 0 aliphatic heterocycles. The molecule has 0 aliphatic carbocycles. The number of nitrogens with zero attached hydrogens (tertiary/aromatic N) is 1. The number of likely N-dealkylation sites (N-methyl/N-ethyl adjacent to an activating group) is 1. The first-order valence-corrected chi connectivity index (χ1v) is 10.9. The van der Waals surface area contributed by atoms with Crippen molar-refractivity contribution < 1.29 is 14.6 Å². The summed E-state index contributed by atoms with van der Waals surface area (Å²) in [6.07, 6.45) is 8.87. The van der Waals surface area contributed by atoms with Gasteiger partial charge in [0.25, 0.3) is 0 Å². The minimum Gasteiger partial charge on any atom is -0.504 e. The standard InChI is InChI=1S/C25H32ClNO3/c1-3-16-27(2)17-8-6-4-5-7-9-18-30-24-15-12-21(19-23(24)28)25(29)20-10-13-22(26)14-11-20/h3,10-15,19,28H,1,4-9,16-18H2,2H3. The van der Waals surface area contributed by atoms with Gasteiger partial charge in [0, 0.05) is 22.7 Å². The maximum atomic E-state index is 12.5. The average molecular weight is 430 g/mol. The highest BCUT2D eigenvalue weighted by Gasteiger charge is 2.12. The van der Waals surface area contributed by atoms with E-state index in [1.54, 1.807) is 36.4 Å². The molecule has 0 spiro atoms.